The Balaban J connectivity index is 2.10. The van der Waals surface area contributed by atoms with E-state index in [-0.39, 0.29) is 10.9 Å². The summed E-state index contributed by atoms with van der Waals surface area (Å²) < 4.78 is 38.1. The molecule has 0 radical (unpaired) electrons. The first-order valence-electron chi connectivity index (χ1n) is 6.71. The van der Waals surface area contributed by atoms with Gasteiger partial charge in [0.05, 0.1) is 12.8 Å². The van der Waals surface area contributed by atoms with E-state index in [1.165, 1.54) is 0 Å². The van der Waals surface area contributed by atoms with Gasteiger partial charge < -0.3 is 14.2 Å². The van der Waals surface area contributed by atoms with Gasteiger partial charge in [0.2, 0.25) is 10.0 Å². The monoisotopic (exact) mass is 312 g/mol. The second kappa shape index (κ2) is 6.46. The summed E-state index contributed by atoms with van der Waals surface area (Å²) in [5.74, 6) is 1.72. The van der Waals surface area contributed by atoms with Crippen LogP contribution in [0.3, 0.4) is 0 Å². The summed E-state index contributed by atoms with van der Waals surface area (Å²) in [6, 6.07) is 4.87. The molecular weight excluding hydrogens is 292 g/mol. The molecule has 21 heavy (non-hydrogen) atoms. The van der Waals surface area contributed by atoms with E-state index in [1.54, 1.807) is 39.3 Å². The molecule has 1 atom stereocenters. The smallest absolute Gasteiger partial charge is 0.244 e. The second-order valence-electron chi connectivity index (χ2n) is 4.97. The fourth-order valence-corrected chi connectivity index (χ4v) is 3.60. The fraction of sp³-hybridized carbons (Fsp3) is 0.429. The predicted molar refractivity (Wildman–Crippen MR) is 78.4 cm³/mol. The highest BCUT2D eigenvalue weighted by Crippen LogP contribution is 2.20. The first-order chi connectivity index (χ1) is 9.92. The Bertz CT molecular complexity index is 674. The lowest BCUT2D eigenvalue weighted by molar-refractivity contribution is 0.464. The molecule has 0 aliphatic rings. The van der Waals surface area contributed by atoms with E-state index in [1.807, 2.05) is 6.07 Å². The molecule has 0 aliphatic carbocycles. The van der Waals surface area contributed by atoms with Gasteiger partial charge in [0, 0.05) is 18.5 Å². The number of hydrogen-bond acceptors (Lipinski definition) is 5. The van der Waals surface area contributed by atoms with Gasteiger partial charge in [-0.25, -0.2) is 13.1 Å². The third kappa shape index (κ3) is 3.96. The Kier molecular flexibility index (Phi) is 4.87. The molecule has 0 saturated carbocycles. The van der Waals surface area contributed by atoms with Crippen molar-refractivity contribution in [1.82, 2.24) is 10.0 Å². The molecule has 0 bridgehead atoms. The Hall–Kier alpha value is -1.57. The number of sulfonamides is 1. The van der Waals surface area contributed by atoms with Crippen LogP contribution in [0.2, 0.25) is 0 Å². The van der Waals surface area contributed by atoms with Crippen molar-refractivity contribution in [3.8, 4) is 0 Å². The summed E-state index contributed by atoms with van der Waals surface area (Å²) in [6.07, 6.45) is 2.06. The van der Waals surface area contributed by atoms with Crippen LogP contribution in [-0.4, -0.2) is 21.5 Å². The minimum absolute atomic E-state index is 0.180. The first-order valence-corrected chi connectivity index (χ1v) is 8.19. The molecule has 0 fully saturated rings. The third-order valence-electron chi connectivity index (χ3n) is 3.01. The minimum atomic E-state index is -3.60. The highest BCUT2D eigenvalue weighted by Gasteiger charge is 2.23. The van der Waals surface area contributed by atoms with E-state index in [0.717, 1.165) is 5.76 Å². The summed E-state index contributed by atoms with van der Waals surface area (Å²) in [4.78, 5) is 0.180. The normalized spacial score (nSPS) is 13.5. The van der Waals surface area contributed by atoms with Crippen molar-refractivity contribution >= 4 is 10.0 Å². The molecule has 1 unspecified atom stereocenters. The maximum Gasteiger partial charge on any atom is 0.244 e. The Morgan fingerprint density at radius 3 is 2.71 bits per heavy atom. The highest BCUT2D eigenvalue weighted by atomic mass is 32.2. The molecule has 0 aliphatic heterocycles. The molecule has 0 amide bonds. The average molecular weight is 312 g/mol. The van der Waals surface area contributed by atoms with Crippen molar-refractivity contribution in [1.29, 1.82) is 0 Å². The lowest BCUT2D eigenvalue weighted by Crippen LogP contribution is -2.34. The average Bonchev–Trinajstić information content (AvgIpc) is 2.99. The summed E-state index contributed by atoms with van der Waals surface area (Å²) in [7, 11) is -1.83. The summed E-state index contributed by atoms with van der Waals surface area (Å²) >= 11 is 0. The Morgan fingerprint density at radius 2 is 2.10 bits per heavy atom. The molecule has 6 nitrogen and oxygen atoms in total. The van der Waals surface area contributed by atoms with Crippen LogP contribution in [0.5, 0.6) is 0 Å². The van der Waals surface area contributed by atoms with Crippen molar-refractivity contribution < 1.29 is 17.3 Å². The minimum Gasteiger partial charge on any atom is -0.469 e. The van der Waals surface area contributed by atoms with Gasteiger partial charge in [0.15, 0.2) is 0 Å². The summed E-state index contributed by atoms with van der Waals surface area (Å²) in [5, 5.41) is 2.93. The van der Waals surface area contributed by atoms with Gasteiger partial charge in [0.1, 0.15) is 22.2 Å². The van der Waals surface area contributed by atoms with Crippen LogP contribution < -0.4 is 10.0 Å². The lowest BCUT2D eigenvalue weighted by atomic mass is 10.2. The van der Waals surface area contributed by atoms with Crippen LogP contribution in [0.15, 0.2) is 38.2 Å². The van der Waals surface area contributed by atoms with Crippen LogP contribution in [0, 0.1) is 6.92 Å². The summed E-state index contributed by atoms with van der Waals surface area (Å²) in [5.41, 5.74) is 0. The van der Waals surface area contributed by atoms with Crippen LogP contribution in [0.4, 0.5) is 0 Å². The molecule has 2 N–H and O–H groups in total. The van der Waals surface area contributed by atoms with Gasteiger partial charge in [0.25, 0.3) is 0 Å². The van der Waals surface area contributed by atoms with Crippen molar-refractivity contribution in [3.05, 3.63) is 41.7 Å². The van der Waals surface area contributed by atoms with Crippen molar-refractivity contribution in [2.24, 2.45) is 0 Å². The Morgan fingerprint density at radius 1 is 1.33 bits per heavy atom. The van der Waals surface area contributed by atoms with E-state index in [9.17, 15) is 8.42 Å². The van der Waals surface area contributed by atoms with E-state index in [2.05, 4.69) is 10.0 Å². The molecule has 2 aromatic heterocycles. The van der Waals surface area contributed by atoms with Crippen molar-refractivity contribution in [3.63, 3.8) is 0 Å². The van der Waals surface area contributed by atoms with Gasteiger partial charge in [-0.05, 0) is 33.0 Å². The first kappa shape index (κ1) is 15.8. The van der Waals surface area contributed by atoms with Gasteiger partial charge in [-0.15, -0.1) is 0 Å². The van der Waals surface area contributed by atoms with Gasteiger partial charge in [-0.3, -0.25) is 0 Å². The number of nitrogens with one attached hydrogen (secondary N) is 2. The SMILES string of the molecule is CNCc1cc(S(=O)(=O)NC(C)Cc2ccco2)c(C)o1. The largest absolute Gasteiger partial charge is 0.469 e. The number of hydrogen-bond donors (Lipinski definition) is 2. The van der Waals surface area contributed by atoms with E-state index >= 15 is 0 Å². The van der Waals surface area contributed by atoms with Crippen LogP contribution in [-0.2, 0) is 23.0 Å². The second-order valence-corrected chi connectivity index (χ2v) is 6.65. The van der Waals surface area contributed by atoms with Crippen LogP contribution in [0.1, 0.15) is 24.2 Å². The summed E-state index contributed by atoms with van der Waals surface area (Å²) in [6.45, 7) is 3.92. The highest BCUT2D eigenvalue weighted by molar-refractivity contribution is 7.89. The third-order valence-corrected chi connectivity index (χ3v) is 4.70. The molecule has 2 rings (SSSR count). The van der Waals surface area contributed by atoms with Crippen molar-refractivity contribution in [2.45, 2.75) is 37.8 Å². The molecule has 0 aromatic carbocycles. The Labute approximate surface area is 124 Å². The molecule has 0 saturated heterocycles. The molecule has 2 aromatic rings. The quantitative estimate of drug-likeness (QED) is 0.814. The zero-order chi connectivity index (χ0) is 15.5. The fourth-order valence-electron chi connectivity index (χ4n) is 2.15. The lowest BCUT2D eigenvalue weighted by Gasteiger charge is -2.12. The van der Waals surface area contributed by atoms with E-state index in [0.29, 0.717) is 24.5 Å². The molecule has 2 heterocycles. The number of rotatable bonds is 7. The van der Waals surface area contributed by atoms with Crippen LogP contribution >= 0.6 is 0 Å². The standard InChI is InChI=1S/C14H20N2O4S/c1-10(7-12-5-4-6-19-12)16-21(17,18)14-8-13(9-15-3)20-11(14)2/h4-6,8,10,15-16H,7,9H2,1-3H3. The maximum atomic E-state index is 12.4. The van der Waals surface area contributed by atoms with Gasteiger partial charge in [-0.2, -0.15) is 0 Å². The molecule has 116 valence electrons. The number of furan rings is 2. The van der Waals surface area contributed by atoms with Gasteiger partial charge >= 0.3 is 0 Å². The van der Waals surface area contributed by atoms with Crippen LogP contribution in [0.25, 0.3) is 0 Å². The van der Waals surface area contributed by atoms with Crippen molar-refractivity contribution in [2.75, 3.05) is 7.05 Å². The predicted octanol–water partition coefficient (Wildman–Crippen LogP) is 1.81. The molecule has 0 spiro atoms. The van der Waals surface area contributed by atoms with E-state index < -0.39 is 10.0 Å². The topological polar surface area (TPSA) is 84.5 Å². The zero-order valence-electron chi connectivity index (χ0n) is 12.3. The van der Waals surface area contributed by atoms with E-state index in [4.69, 9.17) is 8.83 Å². The number of aryl methyl sites for hydroxylation is 1. The van der Waals surface area contributed by atoms with Gasteiger partial charge in [-0.1, -0.05) is 0 Å². The maximum absolute atomic E-state index is 12.4. The zero-order valence-corrected chi connectivity index (χ0v) is 13.2. The molecular formula is C14H20N2O4S. The molecule has 7 heteroatoms.